The second kappa shape index (κ2) is 4.77. The first-order valence-electron chi connectivity index (χ1n) is 6.59. The fourth-order valence-corrected chi connectivity index (χ4v) is 2.87. The van der Waals surface area contributed by atoms with E-state index in [2.05, 4.69) is 6.92 Å². The summed E-state index contributed by atoms with van der Waals surface area (Å²) in [7, 11) is 0. The summed E-state index contributed by atoms with van der Waals surface area (Å²) in [6.45, 7) is 2.38. The molecule has 4 nitrogen and oxygen atoms in total. The molecule has 1 saturated carbocycles. The van der Waals surface area contributed by atoms with Crippen molar-refractivity contribution in [3.05, 3.63) is 0 Å². The first kappa shape index (κ1) is 12.6. The van der Waals surface area contributed by atoms with Gasteiger partial charge in [0.25, 0.3) is 0 Å². The molecule has 0 unspecified atom stereocenters. The first-order chi connectivity index (χ1) is 8.04. The summed E-state index contributed by atoms with van der Waals surface area (Å²) in [5.41, 5.74) is -0.832. The molecule has 2 aliphatic rings. The molecule has 1 saturated heterocycles. The number of amides is 2. The Morgan fingerprint density at radius 2 is 1.76 bits per heavy atom. The first-order valence-corrected chi connectivity index (χ1v) is 6.59. The SMILES string of the molecule is CCC1CCC(O)(CN2C(=O)CCC2=O)CC1. The number of carbonyl (C=O) groups excluding carboxylic acids is 2. The fourth-order valence-electron chi connectivity index (χ4n) is 2.87. The second-order valence-corrected chi connectivity index (χ2v) is 5.45. The highest BCUT2D eigenvalue weighted by Gasteiger charge is 2.39. The van der Waals surface area contributed by atoms with Crippen molar-refractivity contribution in [1.82, 2.24) is 4.90 Å². The molecular weight excluding hydrogens is 218 g/mol. The fraction of sp³-hybridized carbons (Fsp3) is 0.846. The zero-order chi connectivity index (χ0) is 12.5. The summed E-state index contributed by atoms with van der Waals surface area (Å²) in [6.07, 6.45) is 5.20. The van der Waals surface area contributed by atoms with Gasteiger partial charge in [0.05, 0.1) is 12.1 Å². The maximum Gasteiger partial charge on any atom is 0.229 e. The van der Waals surface area contributed by atoms with Gasteiger partial charge in [-0.05, 0) is 31.6 Å². The average Bonchev–Trinajstić information content (AvgIpc) is 2.62. The summed E-state index contributed by atoms with van der Waals surface area (Å²) >= 11 is 0. The van der Waals surface area contributed by atoms with Crippen LogP contribution in [-0.4, -0.2) is 34.0 Å². The third-order valence-electron chi connectivity index (χ3n) is 4.22. The van der Waals surface area contributed by atoms with E-state index < -0.39 is 5.60 Å². The molecule has 96 valence electrons. The van der Waals surface area contributed by atoms with Gasteiger partial charge in [0.1, 0.15) is 0 Å². The van der Waals surface area contributed by atoms with Crippen molar-refractivity contribution in [2.75, 3.05) is 6.54 Å². The van der Waals surface area contributed by atoms with Crippen LogP contribution in [0.4, 0.5) is 0 Å². The number of hydrogen-bond acceptors (Lipinski definition) is 3. The number of aliphatic hydroxyl groups is 1. The lowest BCUT2D eigenvalue weighted by Gasteiger charge is -2.37. The van der Waals surface area contributed by atoms with E-state index in [9.17, 15) is 14.7 Å². The van der Waals surface area contributed by atoms with Crippen molar-refractivity contribution in [3.63, 3.8) is 0 Å². The van der Waals surface area contributed by atoms with Crippen LogP contribution in [0.2, 0.25) is 0 Å². The predicted molar refractivity (Wildman–Crippen MR) is 63.2 cm³/mol. The molecule has 0 aromatic rings. The van der Waals surface area contributed by atoms with E-state index >= 15 is 0 Å². The normalized spacial score (nSPS) is 34.5. The van der Waals surface area contributed by atoms with Gasteiger partial charge >= 0.3 is 0 Å². The van der Waals surface area contributed by atoms with Crippen LogP contribution in [0.5, 0.6) is 0 Å². The molecule has 2 amide bonds. The van der Waals surface area contributed by atoms with Crippen molar-refractivity contribution in [3.8, 4) is 0 Å². The molecule has 0 atom stereocenters. The third-order valence-corrected chi connectivity index (χ3v) is 4.22. The van der Waals surface area contributed by atoms with E-state index in [1.165, 1.54) is 4.90 Å². The lowest BCUT2D eigenvalue weighted by atomic mass is 9.77. The highest BCUT2D eigenvalue weighted by Crippen LogP contribution is 2.34. The molecule has 2 fully saturated rings. The summed E-state index contributed by atoms with van der Waals surface area (Å²) in [5.74, 6) is 0.447. The number of nitrogens with zero attached hydrogens (tertiary/aromatic N) is 1. The molecule has 4 heteroatoms. The molecule has 0 radical (unpaired) electrons. The van der Waals surface area contributed by atoms with E-state index in [-0.39, 0.29) is 18.4 Å². The minimum Gasteiger partial charge on any atom is -0.388 e. The van der Waals surface area contributed by atoms with Crippen LogP contribution in [-0.2, 0) is 9.59 Å². The minimum absolute atomic E-state index is 0.124. The van der Waals surface area contributed by atoms with Gasteiger partial charge in [-0.1, -0.05) is 13.3 Å². The molecule has 0 aromatic carbocycles. The van der Waals surface area contributed by atoms with Crippen molar-refractivity contribution < 1.29 is 14.7 Å². The Balaban J connectivity index is 1.94. The third kappa shape index (κ3) is 2.68. The van der Waals surface area contributed by atoms with Gasteiger partial charge in [-0.15, -0.1) is 0 Å². The zero-order valence-corrected chi connectivity index (χ0v) is 10.4. The van der Waals surface area contributed by atoms with Gasteiger partial charge in [0, 0.05) is 12.8 Å². The predicted octanol–water partition coefficient (Wildman–Crippen LogP) is 1.47. The zero-order valence-electron chi connectivity index (χ0n) is 10.4. The van der Waals surface area contributed by atoms with Gasteiger partial charge in [-0.25, -0.2) is 0 Å². The molecule has 2 rings (SSSR count). The second-order valence-electron chi connectivity index (χ2n) is 5.45. The smallest absolute Gasteiger partial charge is 0.229 e. The molecular formula is C13H21NO3. The van der Waals surface area contributed by atoms with Crippen LogP contribution < -0.4 is 0 Å². The van der Waals surface area contributed by atoms with E-state index in [0.29, 0.717) is 31.6 Å². The molecule has 0 spiro atoms. The molecule has 17 heavy (non-hydrogen) atoms. The van der Waals surface area contributed by atoms with Crippen molar-refractivity contribution >= 4 is 11.8 Å². The lowest BCUT2D eigenvalue weighted by molar-refractivity contribution is -0.144. The van der Waals surface area contributed by atoms with E-state index in [4.69, 9.17) is 0 Å². The molecule has 1 N–H and O–H groups in total. The number of likely N-dealkylation sites (tertiary alicyclic amines) is 1. The van der Waals surface area contributed by atoms with Crippen LogP contribution in [0, 0.1) is 5.92 Å². The van der Waals surface area contributed by atoms with Crippen LogP contribution in [0.1, 0.15) is 51.9 Å². The summed E-state index contributed by atoms with van der Waals surface area (Å²) in [6, 6.07) is 0. The maximum atomic E-state index is 11.5. The summed E-state index contributed by atoms with van der Waals surface area (Å²) < 4.78 is 0. The van der Waals surface area contributed by atoms with Gasteiger partial charge in [-0.2, -0.15) is 0 Å². The monoisotopic (exact) mass is 239 g/mol. The van der Waals surface area contributed by atoms with Crippen LogP contribution in [0.3, 0.4) is 0 Å². The van der Waals surface area contributed by atoms with Gasteiger partial charge in [-0.3, -0.25) is 14.5 Å². The molecule has 0 aromatic heterocycles. The Hall–Kier alpha value is -0.900. The molecule has 1 aliphatic heterocycles. The van der Waals surface area contributed by atoms with E-state index in [1.807, 2.05) is 0 Å². The van der Waals surface area contributed by atoms with Crippen LogP contribution in [0.25, 0.3) is 0 Å². The highest BCUT2D eigenvalue weighted by atomic mass is 16.3. The molecule has 0 bridgehead atoms. The Labute approximate surface area is 102 Å². The van der Waals surface area contributed by atoms with Gasteiger partial charge in [0.2, 0.25) is 11.8 Å². The van der Waals surface area contributed by atoms with Crippen LogP contribution >= 0.6 is 0 Å². The maximum absolute atomic E-state index is 11.5. The lowest BCUT2D eigenvalue weighted by Crippen LogP contribution is -2.47. The molecule has 1 aliphatic carbocycles. The van der Waals surface area contributed by atoms with Gasteiger partial charge in [0.15, 0.2) is 0 Å². The van der Waals surface area contributed by atoms with E-state index in [1.54, 1.807) is 0 Å². The van der Waals surface area contributed by atoms with E-state index in [0.717, 1.165) is 19.3 Å². The highest BCUT2D eigenvalue weighted by molar-refractivity contribution is 6.01. The Morgan fingerprint density at radius 1 is 1.24 bits per heavy atom. The topological polar surface area (TPSA) is 57.6 Å². The number of imide groups is 1. The van der Waals surface area contributed by atoms with Crippen molar-refractivity contribution in [2.45, 2.75) is 57.5 Å². The van der Waals surface area contributed by atoms with Crippen LogP contribution in [0.15, 0.2) is 0 Å². The Bertz CT molecular complexity index is 303. The number of rotatable bonds is 3. The largest absolute Gasteiger partial charge is 0.388 e. The van der Waals surface area contributed by atoms with Crippen molar-refractivity contribution in [1.29, 1.82) is 0 Å². The number of hydrogen-bond donors (Lipinski definition) is 1. The summed E-state index contributed by atoms with van der Waals surface area (Å²) in [4.78, 5) is 24.3. The number of β-amino-alcohol motifs (C(OH)–C–C–N with tert-alkyl or cyclic N) is 1. The minimum atomic E-state index is -0.832. The average molecular weight is 239 g/mol. The standard InChI is InChI=1S/C13H21NO3/c1-2-10-5-7-13(17,8-6-10)9-14-11(15)3-4-12(14)16/h10,17H,2-9H2,1H3. The Kier molecular flexibility index (Phi) is 3.52. The summed E-state index contributed by atoms with van der Waals surface area (Å²) in [5, 5.41) is 10.4. The Morgan fingerprint density at radius 3 is 2.24 bits per heavy atom. The van der Waals surface area contributed by atoms with Crippen molar-refractivity contribution in [2.24, 2.45) is 5.92 Å². The van der Waals surface area contributed by atoms with Gasteiger partial charge < -0.3 is 5.11 Å². The number of carbonyl (C=O) groups is 2. The molecule has 1 heterocycles. The quantitative estimate of drug-likeness (QED) is 0.759.